The zero-order valence-corrected chi connectivity index (χ0v) is 66.9. The number of aliphatic hydroxyl groups excluding tert-OH is 1. The average Bonchev–Trinajstić information content (AvgIpc) is 0.918. The van der Waals surface area contributed by atoms with E-state index in [1.165, 1.54) is 186 Å². The second-order valence-corrected chi connectivity index (χ2v) is 32.3. The first-order valence-electron chi connectivity index (χ1n) is 41.2. The smallest absolute Gasteiger partial charge is 0.462 e. The molecular weight excluding hydrogens is 1310 g/mol. The maximum atomic E-state index is 13.1. The number of ether oxygens (including phenoxy) is 4. The number of hydrogen-bond donors (Lipinski definition) is 3. The predicted octanol–water partition coefficient (Wildman–Crippen LogP) is 23.7. The van der Waals surface area contributed by atoms with Crippen LogP contribution in [0.3, 0.4) is 0 Å². The Morgan fingerprint density at radius 3 is 0.890 bits per heavy atom. The number of unbranched alkanes of at least 4 members (excludes halogenated alkanes) is 40. The number of carbonyl (C=O) groups is 4. The highest BCUT2D eigenvalue weighted by Crippen LogP contribution is 2.45. The number of hydrogen-bond acceptors (Lipinski definition) is 15. The molecule has 0 heterocycles. The molecule has 4 unspecified atom stereocenters. The SMILES string of the molecule is CCCCCC/C=C\C=C/CCCCCCCC(=O)O[C@H](COC(=O)CCCCCCCCC(C)CC)COP(=O)(O)OC[C@H](O)COP(=O)(O)OC[C@@H](COC(=O)CCCCCCCCCCCCC(C)CC)OC(=O)CCCCCCCCCCCCCCCCCCCCC(C)C. The van der Waals surface area contributed by atoms with Gasteiger partial charge in [-0.3, -0.25) is 37.3 Å². The third-order valence-electron chi connectivity index (χ3n) is 19.0. The normalized spacial score (nSPS) is 14.7. The Kier molecular flexibility index (Phi) is 69.1. The molecule has 0 saturated carbocycles. The number of rotatable bonds is 77. The molecule has 0 aliphatic carbocycles. The van der Waals surface area contributed by atoms with Gasteiger partial charge in [0.1, 0.15) is 19.3 Å². The summed E-state index contributed by atoms with van der Waals surface area (Å²) in [5, 5.41) is 10.6. The zero-order valence-electron chi connectivity index (χ0n) is 65.2. The van der Waals surface area contributed by atoms with Crippen LogP contribution in [-0.4, -0.2) is 96.7 Å². The van der Waals surface area contributed by atoms with Crippen LogP contribution in [0.2, 0.25) is 0 Å². The van der Waals surface area contributed by atoms with E-state index in [1.807, 2.05) is 0 Å². The number of phosphoric acid groups is 2. The van der Waals surface area contributed by atoms with Crippen molar-refractivity contribution in [2.24, 2.45) is 17.8 Å². The van der Waals surface area contributed by atoms with Gasteiger partial charge in [-0.15, -0.1) is 0 Å². The van der Waals surface area contributed by atoms with E-state index in [4.69, 9.17) is 37.0 Å². The number of esters is 4. The highest BCUT2D eigenvalue weighted by Gasteiger charge is 2.30. The molecule has 0 aliphatic rings. The molecule has 590 valence electrons. The summed E-state index contributed by atoms with van der Waals surface area (Å²) in [6.07, 6.45) is 61.9. The molecule has 0 saturated heterocycles. The predicted molar refractivity (Wildman–Crippen MR) is 409 cm³/mol. The molecular formula is C81H154O17P2. The van der Waals surface area contributed by atoms with Crippen LogP contribution in [0.4, 0.5) is 0 Å². The lowest BCUT2D eigenvalue weighted by Gasteiger charge is -2.21. The summed E-state index contributed by atoms with van der Waals surface area (Å²) >= 11 is 0. The van der Waals surface area contributed by atoms with Gasteiger partial charge >= 0.3 is 39.5 Å². The van der Waals surface area contributed by atoms with Gasteiger partial charge in [0, 0.05) is 25.7 Å². The van der Waals surface area contributed by atoms with Crippen LogP contribution in [0, 0.1) is 17.8 Å². The fourth-order valence-electron chi connectivity index (χ4n) is 11.9. The molecule has 100 heavy (non-hydrogen) atoms. The Labute approximate surface area is 612 Å². The molecule has 0 aliphatic heterocycles. The summed E-state index contributed by atoms with van der Waals surface area (Å²) in [6.45, 7) is 11.9. The van der Waals surface area contributed by atoms with E-state index < -0.39 is 97.5 Å². The monoisotopic (exact) mass is 1460 g/mol. The van der Waals surface area contributed by atoms with E-state index in [-0.39, 0.29) is 25.7 Å². The van der Waals surface area contributed by atoms with Crippen molar-refractivity contribution in [3.63, 3.8) is 0 Å². The molecule has 0 radical (unpaired) electrons. The fraction of sp³-hybridized carbons (Fsp3) is 0.901. The van der Waals surface area contributed by atoms with Crippen LogP contribution in [0.25, 0.3) is 0 Å². The minimum Gasteiger partial charge on any atom is -0.462 e. The van der Waals surface area contributed by atoms with Gasteiger partial charge < -0.3 is 33.8 Å². The summed E-state index contributed by atoms with van der Waals surface area (Å²) < 4.78 is 68.6. The molecule has 0 aromatic rings. The van der Waals surface area contributed by atoms with Crippen LogP contribution in [0.1, 0.15) is 395 Å². The zero-order chi connectivity index (χ0) is 73.7. The molecule has 17 nitrogen and oxygen atoms in total. The standard InChI is InChI=1S/C81H154O17P2/c1-8-11-12-13-14-15-16-17-22-26-29-36-41-50-57-65-81(86)98-77(69-92-79(84)63-56-49-44-43-47-54-61-74(7)10-3)71-96-100(89,90)94-67-75(82)66-93-99(87,88)95-70-76(68-91-78(83)62-55-48-40-35-32-31-34-39-46-53-60-73(6)9-2)97-80(85)64-58-51-42-37-30-27-24-21-19-18-20-23-25-28-33-38-45-52-59-72(4)5/h15-17,22,72-77,82H,8-14,18-21,23-71H2,1-7H3,(H,87,88)(H,89,90)/b16-15-,22-17-/t73?,74?,75-,76-,77-/m1/s1. The topological polar surface area (TPSA) is 237 Å². The van der Waals surface area contributed by atoms with E-state index in [1.54, 1.807) is 0 Å². The molecule has 3 N–H and O–H groups in total. The Hall–Kier alpha value is -2.46. The van der Waals surface area contributed by atoms with Crippen molar-refractivity contribution < 1.29 is 80.2 Å². The van der Waals surface area contributed by atoms with E-state index in [9.17, 15) is 43.2 Å². The highest BCUT2D eigenvalue weighted by molar-refractivity contribution is 7.47. The summed E-state index contributed by atoms with van der Waals surface area (Å²) in [7, 11) is -9.93. The van der Waals surface area contributed by atoms with Crippen molar-refractivity contribution in [3.05, 3.63) is 24.3 Å². The minimum atomic E-state index is -4.97. The lowest BCUT2D eigenvalue weighted by atomic mass is 9.99. The summed E-state index contributed by atoms with van der Waals surface area (Å²) in [5.74, 6) is 0.211. The molecule has 0 bridgehead atoms. The van der Waals surface area contributed by atoms with E-state index in [0.29, 0.717) is 25.7 Å². The first-order valence-corrected chi connectivity index (χ1v) is 44.2. The molecule has 0 spiro atoms. The first-order chi connectivity index (χ1) is 48.3. The van der Waals surface area contributed by atoms with Crippen molar-refractivity contribution in [1.82, 2.24) is 0 Å². The minimum absolute atomic E-state index is 0.0840. The summed E-state index contributed by atoms with van der Waals surface area (Å²) in [6, 6.07) is 0. The maximum Gasteiger partial charge on any atom is 0.472 e. The van der Waals surface area contributed by atoms with E-state index in [2.05, 4.69) is 72.8 Å². The number of phosphoric ester groups is 2. The molecule has 0 rings (SSSR count). The van der Waals surface area contributed by atoms with Crippen LogP contribution < -0.4 is 0 Å². The van der Waals surface area contributed by atoms with Gasteiger partial charge in [-0.05, 0) is 69.1 Å². The van der Waals surface area contributed by atoms with Crippen LogP contribution >= 0.6 is 15.6 Å². The maximum absolute atomic E-state index is 13.1. The van der Waals surface area contributed by atoms with Gasteiger partial charge in [-0.25, -0.2) is 9.13 Å². The highest BCUT2D eigenvalue weighted by atomic mass is 31.2. The Bertz CT molecular complexity index is 2040. The third-order valence-corrected chi connectivity index (χ3v) is 20.9. The summed E-state index contributed by atoms with van der Waals surface area (Å²) in [4.78, 5) is 73.0. The van der Waals surface area contributed by atoms with Crippen LogP contribution in [0.15, 0.2) is 24.3 Å². The number of carbonyl (C=O) groups excluding carboxylic acids is 4. The van der Waals surface area contributed by atoms with Gasteiger partial charge in [-0.1, -0.05) is 342 Å². The van der Waals surface area contributed by atoms with Gasteiger partial charge in [0.25, 0.3) is 0 Å². The van der Waals surface area contributed by atoms with Crippen molar-refractivity contribution in [1.29, 1.82) is 0 Å². The first kappa shape index (κ1) is 97.5. The number of aliphatic hydroxyl groups is 1. The van der Waals surface area contributed by atoms with Gasteiger partial charge in [-0.2, -0.15) is 0 Å². The Morgan fingerprint density at radius 1 is 0.330 bits per heavy atom. The number of allylic oxidation sites excluding steroid dienone is 4. The molecule has 0 aromatic carbocycles. The average molecular weight is 1460 g/mol. The van der Waals surface area contributed by atoms with Crippen molar-refractivity contribution in [3.8, 4) is 0 Å². The quantitative estimate of drug-likeness (QED) is 0.0169. The molecule has 7 atom stereocenters. The second-order valence-electron chi connectivity index (χ2n) is 29.4. The summed E-state index contributed by atoms with van der Waals surface area (Å²) in [5.41, 5.74) is 0. The second kappa shape index (κ2) is 70.8. The van der Waals surface area contributed by atoms with Crippen molar-refractivity contribution in [2.75, 3.05) is 39.6 Å². The largest absolute Gasteiger partial charge is 0.472 e. The fourth-order valence-corrected chi connectivity index (χ4v) is 13.5. The van der Waals surface area contributed by atoms with Crippen LogP contribution in [0.5, 0.6) is 0 Å². The lowest BCUT2D eigenvalue weighted by Crippen LogP contribution is -2.30. The molecule has 0 aromatic heterocycles. The molecule has 0 amide bonds. The molecule has 19 heteroatoms. The van der Waals surface area contributed by atoms with Gasteiger partial charge in [0.2, 0.25) is 0 Å². The van der Waals surface area contributed by atoms with E-state index >= 15 is 0 Å². The van der Waals surface area contributed by atoms with E-state index in [0.717, 1.165) is 127 Å². The Balaban J connectivity index is 5.26. The van der Waals surface area contributed by atoms with Crippen LogP contribution in [-0.2, 0) is 65.4 Å². The van der Waals surface area contributed by atoms with Gasteiger partial charge in [0.05, 0.1) is 26.4 Å². The lowest BCUT2D eigenvalue weighted by molar-refractivity contribution is -0.161. The molecule has 0 fully saturated rings. The van der Waals surface area contributed by atoms with Crippen molar-refractivity contribution in [2.45, 2.75) is 414 Å². The van der Waals surface area contributed by atoms with Crippen molar-refractivity contribution >= 4 is 39.5 Å². The van der Waals surface area contributed by atoms with Gasteiger partial charge in [0.15, 0.2) is 12.2 Å². The Morgan fingerprint density at radius 2 is 0.590 bits per heavy atom. The third kappa shape index (κ3) is 71.2.